The Morgan fingerprint density at radius 2 is 2.21 bits per heavy atom. The summed E-state index contributed by atoms with van der Waals surface area (Å²) in [4.78, 5) is 19.4. The first-order valence-corrected chi connectivity index (χ1v) is 5.99. The van der Waals surface area contributed by atoms with E-state index in [-0.39, 0.29) is 11.9 Å². The number of hydrogen-bond donors (Lipinski definition) is 2. The van der Waals surface area contributed by atoms with Crippen molar-refractivity contribution in [2.45, 2.75) is 13.0 Å². The van der Waals surface area contributed by atoms with E-state index in [9.17, 15) is 4.79 Å². The highest BCUT2D eigenvalue weighted by Gasteiger charge is 2.16. The van der Waals surface area contributed by atoms with Crippen LogP contribution in [0.25, 0.3) is 11.0 Å². The first kappa shape index (κ1) is 11.5. The van der Waals surface area contributed by atoms with Crippen molar-refractivity contribution in [1.29, 1.82) is 0 Å². The van der Waals surface area contributed by atoms with Gasteiger partial charge in [-0.2, -0.15) is 5.10 Å². The largest absolute Gasteiger partial charge is 0.324 e. The number of hydrogen-bond acceptors (Lipinski definition) is 3. The smallest absolute Gasteiger partial charge is 0.251 e. The molecular formula is C13H13N5O. The van der Waals surface area contributed by atoms with Crippen molar-refractivity contribution in [2.75, 3.05) is 5.32 Å². The highest BCUT2D eigenvalue weighted by molar-refractivity contribution is 5.93. The molecule has 2 aromatic heterocycles. The van der Waals surface area contributed by atoms with Gasteiger partial charge in [0.1, 0.15) is 6.04 Å². The van der Waals surface area contributed by atoms with E-state index in [2.05, 4.69) is 20.4 Å². The van der Waals surface area contributed by atoms with E-state index in [1.54, 1.807) is 30.1 Å². The molecule has 0 saturated carbocycles. The molecule has 3 rings (SSSR count). The molecule has 1 aromatic carbocycles. The van der Waals surface area contributed by atoms with Gasteiger partial charge in [-0.1, -0.05) is 12.1 Å². The standard InChI is InChI=1S/C13H13N5O/c1-9(18-8-4-7-14-18)12(19)17-13-15-10-5-2-3-6-11(10)16-13/h2-9H,1H3,(H2,15,16,17,19). The quantitative estimate of drug-likeness (QED) is 0.751. The van der Waals surface area contributed by atoms with Gasteiger partial charge in [-0.3, -0.25) is 14.8 Å². The van der Waals surface area contributed by atoms with Crippen LogP contribution < -0.4 is 5.32 Å². The van der Waals surface area contributed by atoms with Gasteiger partial charge in [0.15, 0.2) is 0 Å². The van der Waals surface area contributed by atoms with Gasteiger partial charge in [0, 0.05) is 12.4 Å². The maximum Gasteiger partial charge on any atom is 0.251 e. The second-order valence-electron chi connectivity index (χ2n) is 4.25. The molecule has 0 aliphatic carbocycles. The van der Waals surface area contributed by atoms with Crippen LogP contribution in [-0.4, -0.2) is 25.7 Å². The van der Waals surface area contributed by atoms with Gasteiger partial charge < -0.3 is 4.98 Å². The number of rotatable bonds is 3. The maximum atomic E-state index is 12.1. The first-order chi connectivity index (χ1) is 9.24. The Balaban J connectivity index is 1.79. The van der Waals surface area contributed by atoms with E-state index in [0.29, 0.717) is 5.95 Å². The average molecular weight is 255 g/mol. The number of benzene rings is 1. The summed E-state index contributed by atoms with van der Waals surface area (Å²) >= 11 is 0. The van der Waals surface area contributed by atoms with E-state index < -0.39 is 0 Å². The lowest BCUT2D eigenvalue weighted by Crippen LogP contribution is -2.24. The molecule has 1 atom stereocenters. The molecule has 0 spiro atoms. The summed E-state index contributed by atoms with van der Waals surface area (Å²) in [6.07, 6.45) is 3.40. The summed E-state index contributed by atoms with van der Waals surface area (Å²) in [7, 11) is 0. The molecule has 96 valence electrons. The first-order valence-electron chi connectivity index (χ1n) is 5.99. The van der Waals surface area contributed by atoms with Gasteiger partial charge in [-0.15, -0.1) is 0 Å². The van der Waals surface area contributed by atoms with Gasteiger partial charge >= 0.3 is 0 Å². The second-order valence-corrected chi connectivity index (χ2v) is 4.25. The van der Waals surface area contributed by atoms with Gasteiger partial charge in [-0.05, 0) is 25.1 Å². The number of imidazole rings is 1. The fraction of sp³-hybridized carbons (Fsp3) is 0.154. The Hall–Kier alpha value is -2.63. The fourth-order valence-corrected chi connectivity index (χ4v) is 1.86. The van der Waals surface area contributed by atoms with Crippen LogP contribution in [0.5, 0.6) is 0 Å². The Morgan fingerprint density at radius 1 is 1.37 bits per heavy atom. The van der Waals surface area contributed by atoms with Crippen LogP contribution in [0.15, 0.2) is 42.7 Å². The minimum atomic E-state index is -0.386. The lowest BCUT2D eigenvalue weighted by atomic mass is 10.3. The second kappa shape index (κ2) is 4.56. The molecule has 19 heavy (non-hydrogen) atoms. The number of fused-ring (bicyclic) bond motifs is 1. The van der Waals surface area contributed by atoms with Crippen molar-refractivity contribution in [3.05, 3.63) is 42.7 Å². The average Bonchev–Trinajstić information content (AvgIpc) is 3.06. The van der Waals surface area contributed by atoms with Gasteiger partial charge in [0.25, 0.3) is 5.91 Å². The molecule has 3 aromatic rings. The molecular weight excluding hydrogens is 242 g/mol. The molecule has 1 amide bonds. The predicted molar refractivity (Wildman–Crippen MR) is 71.7 cm³/mol. The van der Waals surface area contributed by atoms with E-state index in [0.717, 1.165) is 11.0 Å². The number of nitrogens with zero attached hydrogens (tertiary/aromatic N) is 3. The van der Waals surface area contributed by atoms with E-state index in [4.69, 9.17) is 0 Å². The van der Waals surface area contributed by atoms with Gasteiger partial charge in [0.2, 0.25) is 5.95 Å². The van der Waals surface area contributed by atoms with Crippen LogP contribution in [0.2, 0.25) is 0 Å². The van der Waals surface area contributed by atoms with Crippen LogP contribution in [0.4, 0.5) is 5.95 Å². The SMILES string of the molecule is CC(C(=O)Nc1nc2ccccc2[nH]1)n1cccn1. The number of amides is 1. The van der Waals surface area contributed by atoms with E-state index in [1.165, 1.54) is 0 Å². The molecule has 6 heteroatoms. The van der Waals surface area contributed by atoms with Crippen molar-refractivity contribution >= 4 is 22.9 Å². The van der Waals surface area contributed by atoms with Crippen molar-refractivity contribution in [3.8, 4) is 0 Å². The third-order valence-electron chi connectivity index (χ3n) is 2.93. The number of carbonyl (C=O) groups excluding carboxylic acids is 1. The van der Waals surface area contributed by atoms with Crippen LogP contribution in [0, 0.1) is 0 Å². The van der Waals surface area contributed by atoms with Crippen molar-refractivity contribution in [2.24, 2.45) is 0 Å². The number of carbonyl (C=O) groups is 1. The lowest BCUT2D eigenvalue weighted by Gasteiger charge is -2.10. The van der Waals surface area contributed by atoms with Crippen LogP contribution in [-0.2, 0) is 4.79 Å². The third-order valence-corrected chi connectivity index (χ3v) is 2.93. The highest BCUT2D eigenvalue weighted by Crippen LogP contribution is 2.14. The molecule has 0 fully saturated rings. The third kappa shape index (κ3) is 2.20. The summed E-state index contributed by atoms with van der Waals surface area (Å²) in [5.41, 5.74) is 1.72. The molecule has 2 heterocycles. The zero-order valence-corrected chi connectivity index (χ0v) is 10.4. The zero-order valence-electron chi connectivity index (χ0n) is 10.4. The normalized spacial score (nSPS) is 12.5. The predicted octanol–water partition coefficient (Wildman–Crippen LogP) is 1.96. The highest BCUT2D eigenvalue weighted by atomic mass is 16.2. The van der Waals surface area contributed by atoms with E-state index >= 15 is 0 Å². The van der Waals surface area contributed by atoms with E-state index in [1.807, 2.05) is 24.3 Å². The molecule has 0 radical (unpaired) electrons. The Labute approximate surface area is 109 Å². The number of aromatic amines is 1. The summed E-state index contributed by atoms with van der Waals surface area (Å²) in [5, 5.41) is 6.80. The lowest BCUT2D eigenvalue weighted by molar-refractivity contribution is -0.119. The molecule has 2 N–H and O–H groups in total. The minimum absolute atomic E-state index is 0.164. The Kier molecular flexibility index (Phi) is 2.75. The number of anilines is 1. The molecule has 0 aliphatic rings. The van der Waals surface area contributed by atoms with Crippen molar-refractivity contribution in [3.63, 3.8) is 0 Å². The number of para-hydroxylation sites is 2. The summed E-state index contributed by atoms with van der Waals surface area (Å²) in [6.45, 7) is 1.78. The van der Waals surface area contributed by atoms with Gasteiger partial charge in [-0.25, -0.2) is 4.98 Å². The van der Waals surface area contributed by atoms with Crippen LogP contribution >= 0.6 is 0 Å². The van der Waals surface area contributed by atoms with Crippen LogP contribution in [0.3, 0.4) is 0 Å². The number of H-pyrrole nitrogens is 1. The fourth-order valence-electron chi connectivity index (χ4n) is 1.86. The summed E-state index contributed by atoms with van der Waals surface area (Å²) < 4.78 is 1.60. The Morgan fingerprint density at radius 3 is 2.95 bits per heavy atom. The molecule has 1 unspecified atom stereocenters. The topological polar surface area (TPSA) is 75.6 Å². The van der Waals surface area contributed by atoms with Crippen molar-refractivity contribution < 1.29 is 4.79 Å². The van der Waals surface area contributed by atoms with Crippen LogP contribution in [0.1, 0.15) is 13.0 Å². The van der Waals surface area contributed by atoms with Gasteiger partial charge in [0.05, 0.1) is 11.0 Å². The number of nitrogens with one attached hydrogen (secondary N) is 2. The summed E-state index contributed by atoms with van der Waals surface area (Å²) in [5.74, 6) is 0.285. The van der Waals surface area contributed by atoms with Crippen molar-refractivity contribution in [1.82, 2.24) is 19.7 Å². The minimum Gasteiger partial charge on any atom is -0.324 e. The number of aromatic nitrogens is 4. The molecule has 0 aliphatic heterocycles. The monoisotopic (exact) mass is 255 g/mol. The maximum absolute atomic E-state index is 12.1. The molecule has 0 saturated heterocycles. The zero-order chi connectivity index (χ0) is 13.2. The molecule has 0 bridgehead atoms. The molecule has 6 nitrogen and oxygen atoms in total. The Bertz CT molecular complexity index is 668. The summed E-state index contributed by atoms with van der Waals surface area (Å²) in [6, 6.07) is 9.01.